The zero-order valence-electron chi connectivity index (χ0n) is 10.8. The SMILES string of the molecule is CCNC(c1ccc(OCC)cc1)c1cn[nH]c1. The fourth-order valence-corrected chi connectivity index (χ4v) is 1.97. The Bertz CT molecular complexity index is 450. The first-order valence-electron chi connectivity index (χ1n) is 6.30. The van der Waals surface area contributed by atoms with Crippen molar-refractivity contribution in [1.82, 2.24) is 15.5 Å². The van der Waals surface area contributed by atoms with E-state index in [0.29, 0.717) is 6.61 Å². The molecule has 1 heterocycles. The highest BCUT2D eigenvalue weighted by Gasteiger charge is 2.13. The number of rotatable bonds is 6. The second-order valence-corrected chi connectivity index (χ2v) is 4.02. The van der Waals surface area contributed by atoms with Gasteiger partial charge < -0.3 is 10.1 Å². The number of H-pyrrole nitrogens is 1. The van der Waals surface area contributed by atoms with E-state index in [1.807, 2.05) is 31.5 Å². The number of hydrogen-bond acceptors (Lipinski definition) is 3. The standard InChI is InChI=1S/C14H19N3O/c1-3-15-14(12-9-16-17-10-12)11-5-7-13(8-6-11)18-4-2/h5-10,14-15H,3-4H2,1-2H3,(H,16,17). The molecular formula is C14H19N3O. The van der Waals surface area contributed by atoms with Gasteiger partial charge in [0.05, 0.1) is 18.8 Å². The van der Waals surface area contributed by atoms with Gasteiger partial charge in [-0.3, -0.25) is 5.10 Å². The molecule has 0 fully saturated rings. The van der Waals surface area contributed by atoms with E-state index in [2.05, 4.69) is 34.6 Å². The summed E-state index contributed by atoms with van der Waals surface area (Å²) in [5.74, 6) is 0.906. The highest BCUT2D eigenvalue weighted by molar-refractivity contribution is 5.34. The van der Waals surface area contributed by atoms with Crippen molar-refractivity contribution in [3.63, 3.8) is 0 Å². The monoisotopic (exact) mass is 245 g/mol. The molecule has 4 nitrogen and oxygen atoms in total. The predicted molar refractivity (Wildman–Crippen MR) is 71.7 cm³/mol. The maximum Gasteiger partial charge on any atom is 0.119 e. The molecule has 0 spiro atoms. The number of hydrogen-bond donors (Lipinski definition) is 2. The minimum absolute atomic E-state index is 0.171. The van der Waals surface area contributed by atoms with E-state index in [-0.39, 0.29) is 6.04 Å². The van der Waals surface area contributed by atoms with Crippen LogP contribution in [0.25, 0.3) is 0 Å². The molecule has 0 bridgehead atoms. The molecule has 18 heavy (non-hydrogen) atoms. The molecule has 2 rings (SSSR count). The van der Waals surface area contributed by atoms with E-state index in [0.717, 1.165) is 17.9 Å². The van der Waals surface area contributed by atoms with Gasteiger partial charge in [-0.05, 0) is 31.2 Å². The van der Waals surface area contributed by atoms with E-state index in [9.17, 15) is 0 Å². The normalized spacial score (nSPS) is 12.3. The van der Waals surface area contributed by atoms with Gasteiger partial charge in [0, 0.05) is 11.8 Å². The number of nitrogens with zero attached hydrogens (tertiary/aromatic N) is 1. The molecule has 0 aliphatic carbocycles. The van der Waals surface area contributed by atoms with Crippen LogP contribution in [0.4, 0.5) is 0 Å². The van der Waals surface area contributed by atoms with E-state index in [1.54, 1.807) is 0 Å². The Balaban J connectivity index is 2.20. The molecule has 1 aromatic carbocycles. The number of ether oxygens (including phenoxy) is 1. The van der Waals surface area contributed by atoms with Crippen molar-refractivity contribution in [3.05, 3.63) is 47.8 Å². The zero-order chi connectivity index (χ0) is 12.8. The van der Waals surface area contributed by atoms with Crippen LogP contribution in [-0.2, 0) is 0 Å². The van der Waals surface area contributed by atoms with Crippen molar-refractivity contribution >= 4 is 0 Å². The van der Waals surface area contributed by atoms with Gasteiger partial charge in [0.1, 0.15) is 5.75 Å². The van der Waals surface area contributed by atoms with Crippen molar-refractivity contribution in [2.24, 2.45) is 0 Å². The molecule has 0 radical (unpaired) electrons. The fraction of sp³-hybridized carbons (Fsp3) is 0.357. The second-order valence-electron chi connectivity index (χ2n) is 4.02. The van der Waals surface area contributed by atoms with Crippen LogP contribution in [0.2, 0.25) is 0 Å². The summed E-state index contributed by atoms with van der Waals surface area (Å²) >= 11 is 0. The first kappa shape index (κ1) is 12.6. The smallest absolute Gasteiger partial charge is 0.119 e. The Morgan fingerprint density at radius 3 is 2.56 bits per heavy atom. The average molecular weight is 245 g/mol. The Hall–Kier alpha value is -1.81. The molecule has 0 saturated carbocycles. The van der Waals surface area contributed by atoms with Crippen molar-refractivity contribution in [3.8, 4) is 5.75 Å². The Labute approximate surface area is 107 Å². The maximum atomic E-state index is 5.45. The molecule has 0 aliphatic heterocycles. The summed E-state index contributed by atoms with van der Waals surface area (Å²) in [5, 5.41) is 10.3. The summed E-state index contributed by atoms with van der Waals surface area (Å²) in [6.45, 7) is 5.68. The summed E-state index contributed by atoms with van der Waals surface area (Å²) in [5.41, 5.74) is 2.35. The lowest BCUT2D eigenvalue weighted by Crippen LogP contribution is -2.21. The van der Waals surface area contributed by atoms with Crippen LogP contribution in [0, 0.1) is 0 Å². The Kier molecular flexibility index (Phi) is 4.36. The zero-order valence-corrected chi connectivity index (χ0v) is 10.8. The molecule has 1 atom stereocenters. The van der Waals surface area contributed by atoms with Crippen LogP contribution < -0.4 is 10.1 Å². The van der Waals surface area contributed by atoms with Crippen molar-refractivity contribution in [2.75, 3.05) is 13.2 Å². The lowest BCUT2D eigenvalue weighted by Gasteiger charge is -2.17. The highest BCUT2D eigenvalue weighted by atomic mass is 16.5. The molecule has 2 N–H and O–H groups in total. The first-order valence-corrected chi connectivity index (χ1v) is 6.30. The number of aromatic amines is 1. The minimum atomic E-state index is 0.171. The first-order chi connectivity index (χ1) is 8.85. The van der Waals surface area contributed by atoms with Crippen LogP contribution in [0.1, 0.15) is 31.0 Å². The third kappa shape index (κ3) is 2.90. The van der Waals surface area contributed by atoms with Gasteiger partial charge >= 0.3 is 0 Å². The molecule has 0 amide bonds. The average Bonchev–Trinajstić information content (AvgIpc) is 2.91. The number of aromatic nitrogens is 2. The summed E-state index contributed by atoms with van der Waals surface area (Å²) in [6, 6.07) is 8.35. The van der Waals surface area contributed by atoms with Gasteiger partial charge in [-0.1, -0.05) is 19.1 Å². The van der Waals surface area contributed by atoms with Crippen LogP contribution in [-0.4, -0.2) is 23.3 Å². The van der Waals surface area contributed by atoms with E-state index < -0.39 is 0 Å². The number of nitrogens with one attached hydrogen (secondary N) is 2. The van der Waals surface area contributed by atoms with Crippen LogP contribution >= 0.6 is 0 Å². The largest absolute Gasteiger partial charge is 0.494 e. The molecule has 1 aromatic heterocycles. The van der Waals surface area contributed by atoms with Gasteiger partial charge in [-0.2, -0.15) is 5.10 Å². The topological polar surface area (TPSA) is 49.9 Å². The summed E-state index contributed by atoms with van der Waals surface area (Å²) in [4.78, 5) is 0. The molecule has 0 saturated heterocycles. The van der Waals surface area contributed by atoms with Crippen LogP contribution in [0.15, 0.2) is 36.7 Å². The quantitative estimate of drug-likeness (QED) is 0.822. The lowest BCUT2D eigenvalue weighted by atomic mass is 10.0. The minimum Gasteiger partial charge on any atom is -0.494 e. The van der Waals surface area contributed by atoms with E-state index >= 15 is 0 Å². The third-order valence-corrected chi connectivity index (χ3v) is 2.79. The molecule has 2 aromatic rings. The summed E-state index contributed by atoms with van der Waals surface area (Å²) < 4.78 is 5.45. The van der Waals surface area contributed by atoms with Gasteiger partial charge in [0.2, 0.25) is 0 Å². The van der Waals surface area contributed by atoms with Crippen molar-refractivity contribution < 1.29 is 4.74 Å². The summed E-state index contributed by atoms with van der Waals surface area (Å²) in [7, 11) is 0. The van der Waals surface area contributed by atoms with Gasteiger partial charge in [0.25, 0.3) is 0 Å². The molecule has 96 valence electrons. The molecule has 1 unspecified atom stereocenters. The predicted octanol–water partition coefficient (Wildman–Crippen LogP) is 2.51. The van der Waals surface area contributed by atoms with Gasteiger partial charge in [-0.15, -0.1) is 0 Å². The Morgan fingerprint density at radius 2 is 2.00 bits per heavy atom. The van der Waals surface area contributed by atoms with Gasteiger partial charge in [-0.25, -0.2) is 0 Å². The van der Waals surface area contributed by atoms with E-state index in [4.69, 9.17) is 4.74 Å². The highest BCUT2D eigenvalue weighted by Crippen LogP contribution is 2.23. The molecular weight excluding hydrogens is 226 g/mol. The number of benzene rings is 1. The van der Waals surface area contributed by atoms with Gasteiger partial charge in [0.15, 0.2) is 0 Å². The fourth-order valence-electron chi connectivity index (χ4n) is 1.97. The maximum absolute atomic E-state index is 5.45. The summed E-state index contributed by atoms with van der Waals surface area (Å²) in [6.07, 6.45) is 3.77. The molecule has 4 heteroatoms. The molecule has 0 aliphatic rings. The van der Waals surface area contributed by atoms with Crippen molar-refractivity contribution in [1.29, 1.82) is 0 Å². The van der Waals surface area contributed by atoms with Crippen LogP contribution in [0.3, 0.4) is 0 Å². The second kappa shape index (κ2) is 6.21. The van der Waals surface area contributed by atoms with Crippen LogP contribution in [0.5, 0.6) is 5.75 Å². The lowest BCUT2D eigenvalue weighted by molar-refractivity contribution is 0.340. The third-order valence-electron chi connectivity index (χ3n) is 2.79. The van der Waals surface area contributed by atoms with Crippen molar-refractivity contribution in [2.45, 2.75) is 19.9 Å². The van der Waals surface area contributed by atoms with E-state index in [1.165, 1.54) is 5.56 Å². The Morgan fingerprint density at radius 1 is 1.22 bits per heavy atom.